The zero-order valence-electron chi connectivity index (χ0n) is 22.0. The molecule has 0 spiro atoms. The largest absolute Gasteiger partial charge is 0.507 e. The number of ether oxygens (including phenoxy) is 2. The van der Waals surface area contributed by atoms with E-state index >= 15 is 0 Å². The van der Waals surface area contributed by atoms with Crippen molar-refractivity contribution in [3.05, 3.63) is 81.4 Å². The maximum atomic E-state index is 13.4. The fourth-order valence-electron chi connectivity index (χ4n) is 4.17. The second kappa shape index (κ2) is 11.2. The minimum Gasteiger partial charge on any atom is -0.507 e. The number of rotatable bonds is 8. The van der Waals surface area contributed by atoms with Gasteiger partial charge in [-0.05, 0) is 43.9 Å². The number of nitrogens with zero attached hydrogens (tertiary/aromatic N) is 2. The van der Waals surface area contributed by atoms with Gasteiger partial charge in [0.25, 0.3) is 5.78 Å². The van der Waals surface area contributed by atoms with E-state index in [0.29, 0.717) is 35.1 Å². The highest BCUT2D eigenvalue weighted by molar-refractivity contribution is 7.17. The van der Waals surface area contributed by atoms with Gasteiger partial charge in [-0.25, -0.2) is 9.78 Å². The van der Waals surface area contributed by atoms with Crippen molar-refractivity contribution in [3.8, 4) is 5.75 Å². The van der Waals surface area contributed by atoms with Crippen LogP contribution in [0.4, 0.5) is 5.13 Å². The summed E-state index contributed by atoms with van der Waals surface area (Å²) < 4.78 is 10.8. The molecule has 1 amide bonds. The van der Waals surface area contributed by atoms with Crippen molar-refractivity contribution in [1.82, 2.24) is 4.98 Å². The molecule has 1 unspecified atom stereocenters. The monoisotopic (exact) mass is 534 g/mol. The number of aliphatic hydroxyl groups is 1. The number of aryl methyl sites for hydroxylation is 2. The zero-order valence-corrected chi connectivity index (χ0v) is 22.8. The van der Waals surface area contributed by atoms with Gasteiger partial charge in [0.2, 0.25) is 0 Å². The Labute approximate surface area is 225 Å². The summed E-state index contributed by atoms with van der Waals surface area (Å²) in [6.07, 6.45) is 0.866. The van der Waals surface area contributed by atoms with Crippen LogP contribution in [0.3, 0.4) is 0 Å². The van der Waals surface area contributed by atoms with Crippen LogP contribution < -0.4 is 9.64 Å². The van der Waals surface area contributed by atoms with Crippen LogP contribution in [0.5, 0.6) is 5.75 Å². The molecule has 3 aromatic rings. The smallest absolute Gasteiger partial charge is 0.350 e. The minimum atomic E-state index is -0.985. The van der Waals surface area contributed by atoms with Crippen LogP contribution >= 0.6 is 11.3 Å². The normalized spacial score (nSPS) is 16.8. The fraction of sp³-hybridized carbons (Fsp3) is 0.310. The van der Waals surface area contributed by atoms with Crippen molar-refractivity contribution in [2.45, 2.75) is 40.2 Å². The highest BCUT2D eigenvalue weighted by atomic mass is 32.1. The Kier molecular flexibility index (Phi) is 7.97. The zero-order chi connectivity index (χ0) is 27.6. The second-order valence-corrected chi connectivity index (χ2v) is 10.5. The number of hydrogen-bond donors (Lipinski definition) is 1. The molecule has 2 aromatic carbocycles. The average Bonchev–Trinajstić information content (AvgIpc) is 3.40. The van der Waals surface area contributed by atoms with E-state index in [2.05, 4.69) is 18.8 Å². The van der Waals surface area contributed by atoms with Gasteiger partial charge in [0.1, 0.15) is 16.4 Å². The predicted octanol–water partition coefficient (Wildman–Crippen LogP) is 5.60. The number of hydrogen-bond acceptors (Lipinski definition) is 8. The number of methoxy groups -OCH3 is 1. The van der Waals surface area contributed by atoms with Crippen LogP contribution in [0.1, 0.15) is 58.4 Å². The molecule has 1 aromatic heterocycles. The first-order valence-electron chi connectivity index (χ1n) is 12.3. The van der Waals surface area contributed by atoms with Crippen LogP contribution in [0.25, 0.3) is 5.76 Å². The first-order valence-corrected chi connectivity index (χ1v) is 13.1. The van der Waals surface area contributed by atoms with Gasteiger partial charge in [-0.1, -0.05) is 67.1 Å². The van der Waals surface area contributed by atoms with Gasteiger partial charge in [-0.15, -0.1) is 0 Å². The number of aromatic nitrogens is 1. The summed E-state index contributed by atoms with van der Waals surface area (Å²) in [7, 11) is 1.26. The number of ketones is 1. The summed E-state index contributed by atoms with van der Waals surface area (Å²) in [5.41, 5.74) is 2.27. The standard InChI is InChI=1S/C29H30N2O6S/c1-16(2)13-14-37-21-8-6-7-20(15-21)23-22(24(32)19-11-9-17(3)10-12-19)25(33)27(34)31(23)29-30-18(4)26(38-29)28(35)36-5/h6-12,15-16,23,32H,13-14H2,1-5H3/b24-22+. The molecular weight excluding hydrogens is 504 g/mol. The Bertz CT molecular complexity index is 1410. The molecule has 2 heterocycles. The van der Waals surface area contributed by atoms with Gasteiger partial charge in [-0.3, -0.25) is 14.5 Å². The summed E-state index contributed by atoms with van der Waals surface area (Å²) in [6, 6.07) is 13.1. The molecule has 1 aliphatic rings. The molecule has 9 heteroatoms. The Hall–Kier alpha value is -3.98. The van der Waals surface area contributed by atoms with E-state index in [0.717, 1.165) is 23.3 Å². The maximum Gasteiger partial charge on any atom is 0.350 e. The molecule has 1 fully saturated rings. The van der Waals surface area contributed by atoms with E-state index < -0.39 is 23.7 Å². The van der Waals surface area contributed by atoms with E-state index in [1.165, 1.54) is 12.0 Å². The van der Waals surface area contributed by atoms with Crippen molar-refractivity contribution in [1.29, 1.82) is 0 Å². The molecular formula is C29H30N2O6S. The van der Waals surface area contributed by atoms with Crippen molar-refractivity contribution in [3.63, 3.8) is 0 Å². The first-order chi connectivity index (χ1) is 18.1. The number of esters is 1. The number of amides is 1. The Morgan fingerprint density at radius 1 is 1.13 bits per heavy atom. The molecule has 4 rings (SSSR count). The van der Waals surface area contributed by atoms with E-state index in [1.807, 2.05) is 19.1 Å². The SMILES string of the molecule is COC(=O)c1sc(N2C(=O)C(=O)/C(=C(/O)c3ccc(C)cc3)C2c2cccc(OCCC(C)C)c2)nc1C. The molecule has 8 nitrogen and oxygen atoms in total. The van der Waals surface area contributed by atoms with Gasteiger partial charge in [-0.2, -0.15) is 0 Å². The summed E-state index contributed by atoms with van der Waals surface area (Å²) in [4.78, 5) is 45.0. The molecule has 0 aliphatic carbocycles. The van der Waals surface area contributed by atoms with Gasteiger partial charge in [0, 0.05) is 5.56 Å². The van der Waals surface area contributed by atoms with Crippen LogP contribution in [-0.2, 0) is 14.3 Å². The average molecular weight is 535 g/mol. The number of Topliss-reactive ketones (excluding diaryl/α,β-unsaturated/α-hetero) is 1. The number of thiazole rings is 1. The third kappa shape index (κ3) is 5.33. The molecule has 1 atom stereocenters. The molecule has 1 aliphatic heterocycles. The molecule has 38 heavy (non-hydrogen) atoms. The third-order valence-corrected chi connectivity index (χ3v) is 7.41. The van der Waals surface area contributed by atoms with Crippen LogP contribution in [0.15, 0.2) is 54.1 Å². The van der Waals surface area contributed by atoms with Crippen molar-refractivity contribution in [2.24, 2.45) is 5.92 Å². The highest BCUT2D eigenvalue weighted by Gasteiger charge is 2.48. The summed E-state index contributed by atoms with van der Waals surface area (Å²) in [6.45, 7) is 8.28. The number of benzene rings is 2. The summed E-state index contributed by atoms with van der Waals surface area (Å²) >= 11 is 0.958. The van der Waals surface area contributed by atoms with Crippen LogP contribution in [-0.4, -0.2) is 41.5 Å². The Morgan fingerprint density at radius 3 is 2.50 bits per heavy atom. The lowest BCUT2D eigenvalue weighted by atomic mass is 9.95. The quantitative estimate of drug-likeness (QED) is 0.174. The van der Waals surface area contributed by atoms with Crippen molar-refractivity contribution >= 4 is 39.9 Å². The molecule has 198 valence electrons. The van der Waals surface area contributed by atoms with E-state index in [4.69, 9.17) is 9.47 Å². The first kappa shape index (κ1) is 27.1. The number of carbonyl (C=O) groups is 3. The lowest BCUT2D eigenvalue weighted by molar-refractivity contribution is -0.132. The van der Waals surface area contributed by atoms with Crippen LogP contribution in [0, 0.1) is 19.8 Å². The molecule has 1 N–H and O–H groups in total. The molecule has 0 bridgehead atoms. The van der Waals surface area contributed by atoms with Crippen LogP contribution in [0.2, 0.25) is 0 Å². The topological polar surface area (TPSA) is 106 Å². The highest BCUT2D eigenvalue weighted by Crippen LogP contribution is 2.44. The van der Waals surface area contributed by atoms with Gasteiger partial charge < -0.3 is 14.6 Å². The van der Waals surface area contributed by atoms with E-state index in [1.54, 1.807) is 43.3 Å². The second-order valence-electron chi connectivity index (χ2n) is 9.54. The summed E-state index contributed by atoms with van der Waals surface area (Å²) in [5.74, 6) is -1.51. The Balaban J connectivity index is 1.87. The third-order valence-electron chi connectivity index (χ3n) is 6.27. The maximum absolute atomic E-state index is 13.4. The molecule has 0 radical (unpaired) electrons. The number of anilines is 1. The fourth-order valence-corrected chi connectivity index (χ4v) is 5.18. The molecule has 1 saturated heterocycles. The van der Waals surface area contributed by atoms with Gasteiger partial charge in [0.05, 0.1) is 31.0 Å². The van der Waals surface area contributed by atoms with Crippen molar-refractivity contribution < 1.29 is 29.0 Å². The van der Waals surface area contributed by atoms with E-state index in [9.17, 15) is 19.5 Å². The Morgan fingerprint density at radius 2 is 1.84 bits per heavy atom. The number of carbonyl (C=O) groups excluding carboxylic acids is 3. The lowest BCUT2D eigenvalue weighted by Gasteiger charge is -2.23. The van der Waals surface area contributed by atoms with Gasteiger partial charge in [0.15, 0.2) is 5.13 Å². The number of aliphatic hydroxyl groups excluding tert-OH is 1. The predicted molar refractivity (Wildman–Crippen MR) is 146 cm³/mol. The minimum absolute atomic E-state index is 0.0642. The van der Waals surface area contributed by atoms with E-state index in [-0.39, 0.29) is 21.3 Å². The lowest BCUT2D eigenvalue weighted by Crippen LogP contribution is -2.29. The summed E-state index contributed by atoms with van der Waals surface area (Å²) in [5, 5.41) is 11.5. The van der Waals surface area contributed by atoms with Gasteiger partial charge >= 0.3 is 11.9 Å². The molecule has 0 saturated carbocycles. The van der Waals surface area contributed by atoms with Crippen molar-refractivity contribution in [2.75, 3.05) is 18.6 Å².